The Kier molecular flexibility index (Phi) is 6.13. The van der Waals surface area contributed by atoms with Gasteiger partial charge < -0.3 is 10.4 Å². The summed E-state index contributed by atoms with van der Waals surface area (Å²) in [6.45, 7) is 7.53. The number of amides is 1. The molecule has 25 heavy (non-hydrogen) atoms. The number of benzene rings is 1. The molecular weight excluding hydrogens is 312 g/mol. The number of rotatable bonds is 7. The second-order valence-corrected chi connectivity index (χ2v) is 8.12. The Hall–Kier alpha value is -1.39. The molecule has 1 aromatic rings. The van der Waals surface area contributed by atoms with Gasteiger partial charge in [0, 0.05) is 19.6 Å². The van der Waals surface area contributed by atoms with Crippen molar-refractivity contribution in [2.24, 2.45) is 11.8 Å². The summed E-state index contributed by atoms with van der Waals surface area (Å²) < 4.78 is 0. The molecule has 1 heterocycles. The van der Waals surface area contributed by atoms with E-state index < -0.39 is 6.10 Å². The molecule has 1 aliphatic carbocycles. The first-order valence-corrected chi connectivity index (χ1v) is 9.81. The van der Waals surface area contributed by atoms with Gasteiger partial charge in [0.1, 0.15) is 0 Å². The fraction of sp³-hybridized carbons (Fsp3) is 0.667. The zero-order valence-corrected chi connectivity index (χ0v) is 15.6. The normalized spacial score (nSPS) is 22.8. The number of hydrogen-bond acceptors (Lipinski definition) is 3. The largest absolute Gasteiger partial charge is 0.387 e. The number of aliphatic hydroxyl groups is 1. The van der Waals surface area contributed by atoms with Crippen molar-refractivity contribution >= 4 is 5.91 Å². The molecule has 4 nitrogen and oxygen atoms in total. The van der Waals surface area contributed by atoms with Crippen LogP contribution < -0.4 is 5.32 Å². The van der Waals surface area contributed by atoms with E-state index in [0.29, 0.717) is 12.5 Å². The lowest BCUT2D eigenvalue weighted by molar-refractivity contribution is -0.127. The SMILES string of the molecule is CC(C)c1ccc([C@H](O)CN2CCC[C@H](C(=O)NCC3CC3)C2)cc1. The summed E-state index contributed by atoms with van der Waals surface area (Å²) in [6.07, 6.45) is 4.03. The van der Waals surface area contributed by atoms with Gasteiger partial charge in [0.25, 0.3) is 0 Å². The number of carbonyl (C=O) groups is 1. The Bertz CT molecular complexity index is 566. The molecule has 0 spiro atoms. The summed E-state index contributed by atoms with van der Waals surface area (Å²) in [4.78, 5) is 14.6. The molecule has 0 bridgehead atoms. The predicted octanol–water partition coefficient (Wildman–Crippen LogP) is 3.08. The number of aliphatic hydroxyl groups excluding tert-OH is 1. The number of hydrogen-bond donors (Lipinski definition) is 2. The van der Waals surface area contributed by atoms with Crippen molar-refractivity contribution in [3.63, 3.8) is 0 Å². The van der Waals surface area contributed by atoms with Gasteiger partial charge in [-0.05, 0) is 55.2 Å². The van der Waals surface area contributed by atoms with E-state index in [9.17, 15) is 9.90 Å². The molecule has 4 heteroatoms. The van der Waals surface area contributed by atoms with Gasteiger partial charge in [-0.25, -0.2) is 0 Å². The summed E-state index contributed by atoms with van der Waals surface area (Å²) >= 11 is 0. The van der Waals surface area contributed by atoms with Gasteiger partial charge in [0.2, 0.25) is 5.91 Å². The van der Waals surface area contributed by atoms with Crippen LogP contribution in [-0.4, -0.2) is 42.1 Å². The molecule has 138 valence electrons. The van der Waals surface area contributed by atoms with Crippen LogP contribution in [0.4, 0.5) is 0 Å². The number of likely N-dealkylation sites (tertiary alicyclic amines) is 1. The van der Waals surface area contributed by atoms with Crippen LogP contribution in [0.25, 0.3) is 0 Å². The lowest BCUT2D eigenvalue weighted by atomic mass is 9.95. The molecule has 0 radical (unpaired) electrons. The van der Waals surface area contributed by atoms with Gasteiger partial charge in [0.15, 0.2) is 0 Å². The molecule has 2 fully saturated rings. The third kappa shape index (κ3) is 5.29. The molecular formula is C21H32N2O2. The topological polar surface area (TPSA) is 52.6 Å². The van der Waals surface area contributed by atoms with Crippen molar-refractivity contribution in [3.8, 4) is 0 Å². The number of nitrogens with zero attached hydrogens (tertiary/aromatic N) is 1. The highest BCUT2D eigenvalue weighted by molar-refractivity contribution is 5.79. The third-order valence-corrected chi connectivity index (χ3v) is 5.56. The maximum Gasteiger partial charge on any atom is 0.224 e. The van der Waals surface area contributed by atoms with E-state index in [1.807, 2.05) is 12.1 Å². The van der Waals surface area contributed by atoms with E-state index in [1.54, 1.807) is 0 Å². The fourth-order valence-electron chi connectivity index (χ4n) is 3.60. The molecule has 0 unspecified atom stereocenters. The van der Waals surface area contributed by atoms with Crippen LogP contribution in [0, 0.1) is 11.8 Å². The van der Waals surface area contributed by atoms with Gasteiger partial charge >= 0.3 is 0 Å². The van der Waals surface area contributed by atoms with Gasteiger partial charge in [-0.2, -0.15) is 0 Å². The fourth-order valence-corrected chi connectivity index (χ4v) is 3.60. The zero-order valence-electron chi connectivity index (χ0n) is 15.6. The van der Waals surface area contributed by atoms with E-state index in [1.165, 1.54) is 18.4 Å². The Labute approximate surface area is 151 Å². The molecule has 1 saturated heterocycles. The molecule has 2 aliphatic rings. The Morgan fingerprint density at radius 1 is 1.20 bits per heavy atom. The highest BCUT2D eigenvalue weighted by Gasteiger charge is 2.28. The monoisotopic (exact) mass is 344 g/mol. The highest BCUT2D eigenvalue weighted by Crippen LogP contribution is 2.28. The Morgan fingerprint density at radius 3 is 2.52 bits per heavy atom. The lowest BCUT2D eigenvalue weighted by Crippen LogP contribution is -2.44. The Balaban J connectivity index is 1.49. The molecule has 1 aromatic carbocycles. The van der Waals surface area contributed by atoms with Crippen LogP contribution in [0.2, 0.25) is 0 Å². The van der Waals surface area contributed by atoms with Gasteiger partial charge in [0.05, 0.1) is 12.0 Å². The minimum atomic E-state index is -0.491. The first-order chi connectivity index (χ1) is 12.0. The van der Waals surface area contributed by atoms with E-state index in [4.69, 9.17) is 0 Å². The average molecular weight is 344 g/mol. The quantitative estimate of drug-likeness (QED) is 0.799. The number of nitrogens with one attached hydrogen (secondary N) is 1. The van der Waals surface area contributed by atoms with E-state index in [2.05, 4.69) is 36.2 Å². The highest BCUT2D eigenvalue weighted by atomic mass is 16.3. The van der Waals surface area contributed by atoms with Crippen LogP contribution in [0.3, 0.4) is 0 Å². The van der Waals surface area contributed by atoms with Crippen molar-refractivity contribution in [2.45, 2.75) is 51.6 Å². The third-order valence-electron chi connectivity index (χ3n) is 5.56. The molecule has 0 aromatic heterocycles. The molecule has 2 N–H and O–H groups in total. The second kappa shape index (κ2) is 8.33. The number of piperidine rings is 1. The smallest absolute Gasteiger partial charge is 0.224 e. The van der Waals surface area contributed by atoms with Crippen molar-refractivity contribution in [3.05, 3.63) is 35.4 Å². The van der Waals surface area contributed by atoms with Gasteiger partial charge in [-0.15, -0.1) is 0 Å². The minimum Gasteiger partial charge on any atom is -0.387 e. The van der Waals surface area contributed by atoms with E-state index in [-0.39, 0.29) is 11.8 Å². The van der Waals surface area contributed by atoms with Crippen molar-refractivity contribution < 1.29 is 9.90 Å². The molecule has 1 amide bonds. The van der Waals surface area contributed by atoms with Crippen molar-refractivity contribution in [2.75, 3.05) is 26.2 Å². The summed E-state index contributed by atoms with van der Waals surface area (Å²) in [5, 5.41) is 13.7. The second-order valence-electron chi connectivity index (χ2n) is 8.12. The lowest BCUT2D eigenvalue weighted by Gasteiger charge is -2.33. The molecule has 1 saturated carbocycles. The first-order valence-electron chi connectivity index (χ1n) is 9.81. The van der Waals surface area contributed by atoms with Crippen LogP contribution in [0.15, 0.2) is 24.3 Å². The average Bonchev–Trinajstić information content (AvgIpc) is 3.44. The first kappa shape index (κ1) is 18.4. The van der Waals surface area contributed by atoms with E-state index >= 15 is 0 Å². The zero-order chi connectivity index (χ0) is 17.8. The maximum atomic E-state index is 12.3. The number of carbonyl (C=O) groups excluding carboxylic acids is 1. The van der Waals surface area contributed by atoms with Crippen LogP contribution in [0.5, 0.6) is 0 Å². The summed E-state index contributed by atoms with van der Waals surface area (Å²) in [6, 6.07) is 8.27. The van der Waals surface area contributed by atoms with Crippen molar-refractivity contribution in [1.29, 1.82) is 0 Å². The van der Waals surface area contributed by atoms with Gasteiger partial charge in [-0.1, -0.05) is 38.1 Å². The summed E-state index contributed by atoms with van der Waals surface area (Å²) in [5.41, 5.74) is 2.26. The van der Waals surface area contributed by atoms with Crippen LogP contribution >= 0.6 is 0 Å². The predicted molar refractivity (Wildman–Crippen MR) is 100 cm³/mol. The van der Waals surface area contributed by atoms with Crippen LogP contribution in [-0.2, 0) is 4.79 Å². The molecule has 2 atom stereocenters. The van der Waals surface area contributed by atoms with Crippen LogP contribution in [0.1, 0.15) is 62.7 Å². The summed E-state index contributed by atoms with van der Waals surface area (Å²) in [5.74, 6) is 1.50. The van der Waals surface area contributed by atoms with Gasteiger partial charge in [-0.3, -0.25) is 9.69 Å². The molecule has 1 aliphatic heterocycles. The Morgan fingerprint density at radius 2 is 1.88 bits per heavy atom. The summed E-state index contributed by atoms with van der Waals surface area (Å²) in [7, 11) is 0. The minimum absolute atomic E-state index is 0.0722. The molecule has 3 rings (SSSR count). The van der Waals surface area contributed by atoms with Crippen molar-refractivity contribution in [1.82, 2.24) is 10.2 Å². The standard InChI is InChI=1S/C21H32N2O2/c1-15(2)17-7-9-18(10-8-17)20(24)14-23-11-3-4-19(13-23)21(25)22-12-16-5-6-16/h7-10,15-16,19-20,24H,3-6,11-14H2,1-2H3,(H,22,25)/t19-,20+/m0/s1. The number of β-amino-alcohol motifs (C(OH)–C–C–N with tert-alkyl or cyclic N) is 1. The maximum absolute atomic E-state index is 12.3. The van der Waals surface area contributed by atoms with E-state index in [0.717, 1.165) is 44.0 Å².